The fourth-order valence-electron chi connectivity index (χ4n) is 1.52. The molecule has 6 heteroatoms. The number of halogens is 1. The van der Waals surface area contributed by atoms with Crippen molar-refractivity contribution in [3.63, 3.8) is 0 Å². The third-order valence-corrected chi connectivity index (χ3v) is 2.89. The highest BCUT2D eigenvalue weighted by molar-refractivity contribution is 9.10. The van der Waals surface area contributed by atoms with Gasteiger partial charge in [0.25, 0.3) is 5.56 Å². The minimum absolute atomic E-state index is 0.109. The van der Waals surface area contributed by atoms with E-state index in [-0.39, 0.29) is 12.2 Å². The first-order chi connectivity index (χ1) is 8.22. The maximum atomic E-state index is 11.7. The monoisotopic (exact) mass is 297 g/mol. The summed E-state index contributed by atoms with van der Waals surface area (Å²) in [6.07, 6.45) is 3.20. The average molecular weight is 298 g/mol. The van der Waals surface area contributed by atoms with Crippen molar-refractivity contribution in [3.05, 3.63) is 44.9 Å². The first-order valence-corrected chi connectivity index (χ1v) is 5.99. The molecule has 0 aliphatic rings. The van der Waals surface area contributed by atoms with Crippen molar-refractivity contribution in [2.75, 3.05) is 13.2 Å². The Labute approximate surface area is 106 Å². The fourth-order valence-corrected chi connectivity index (χ4v) is 1.81. The molecule has 2 N–H and O–H groups in total. The van der Waals surface area contributed by atoms with E-state index in [4.69, 9.17) is 5.11 Å². The average Bonchev–Trinajstić information content (AvgIpc) is 2.34. The van der Waals surface area contributed by atoms with Crippen molar-refractivity contribution >= 4 is 21.6 Å². The highest BCUT2D eigenvalue weighted by atomic mass is 79.9. The Morgan fingerprint density at radius 1 is 1.53 bits per heavy atom. The number of aliphatic hydroxyl groups excluding tert-OH is 1. The number of nitrogens with one attached hydrogen (secondary N) is 1. The second-order valence-corrected chi connectivity index (χ2v) is 4.43. The molecule has 0 saturated heterocycles. The minimum Gasteiger partial charge on any atom is -0.395 e. The summed E-state index contributed by atoms with van der Waals surface area (Å²) in [5.74, 6) is 0. The number of aliphatic hydroxyl groups is 1. The lowest BCUT2D eigenvalue weighted by molar-refractivity contribution is 0.292. The Morgan fingerprint density at radius 2 is 2.35 bits per heavy atom. The topological polar surface area (TPSA) is 66.6 Å². The number of fused-ring (bicyclic) bond motifs is 1. The summed E-state index contributed by atoms with van der Waals surface area (Å²) in [4.78, 5) is 15.9. The molecule has 2 aromatic rings. The molecule has 2 heterocycles. The highest BCUT2D eigenvalue weighted by Crippen LogP contribution is 2.06. The van der Waals surface area contributed by atoms with Gasteiger partial charge >= 0.3 is 0 Å². The van der Waals surface area contributed by atoms with Gasteiger partial charge in [-0.15, -0.1) is 0 Å². The lowest BCUT2D eigenvalue weighted by Crippen LogP contribution is -2.19. The van der Waals surface area contributed by atoms with Gasteiger partial charge in [-0.2, -0.15) is 0 Å². The van der Waals surface area contributed by atoms with Crippen molar-refractivity contribution in [2.24, 2.45) is 0 Å². The standard InChI is InChI=1S/C11H12BrN3O2/c12-9-7-14-10-5-8(6-13-2-4-16)1-3-15(10)11(9)17/h1,3,5,7,13,16H,2,4,6H2. The second kappa shape index (κ2) is 5.39. The molecule has 0 fully saturated rings. The molecule has 0 amide bonds. The number of hydrogen-bond donors (Lipinski definition) is 2. The Bertz CT molecular complexity index is 582. The number of aromatic nitrogens is 2. The van der Waals surface area contributed by atoms with Crippen LogP contribution in [0.3, 0.4) is 0 Å². The molecular weight excluding hydrogens is 286 g/mol. The summed E-state index contributed by atoms with van der Waals surface area (Å²) in [6, 6.07) is 3.70. The van der Waals surface area contributed by atoms with Crippen molar-refractivity contribution in [1.82, 2.24) is 14.7 Å². The number of hydrogen-bond acceptors (Lipinski definition) is 4. The van der Waals surface area contributed by atoms with Crippen LogP contribution in [0, 0.1) is 0 Å². The summed E-state index contributed by atoms with van der Waals surface area (Å²) in [5, 5.41) is 11.7. The van der Waals surface area contributed by atoms with Gasteiger partial charge in [-0.25, -0.2) is 4.98 Å². The van der Waals surface area contributed by atoms with Crippen molar-refractivity contribution in [2.45, 2.75) is 6.54 Å². The van der Waals surface area contributed by atoms with E-state index >= 15 is 0 Å². The van der Waals surface area contributed by atoms with Crippen LogP contribution in [-0.2, 0) is 6.54 Å². The highest BCUT2D eigenvalue weighted by Gasteiger charge is 2.02. The molecule has 0 spiro atoms. The van der Waals surface area contributed by atoms with Gasteiger partial charge in [-0.3, -0.25) is 9.20 Å². The van der Waals surface area contributed by atoms with Gasteiger partial charge in [0.15, 0.2) is 0 Å². The largest absolute Gasteiger partial charge is 0.395 e. The predicted molar refractivity (Wildman–Crippen MR) is 68.0 cm³/mol. The van der Waals surface area contributed by atoms with Crippen LogP contribution < -0.4 is 10.9 Å². The van der Waals surface area contributed by atoms with Gasteiger partial charge in [0.1, 0.15) is 10.1 Å². The maximum Gasteiger partial charge on any atom is 0.272 e. The van der Waals surface area contributed by atoms with Crippen LogP contribution in [0.25, 0.3) is 5.65 Å². The number of nitrogens with zero attached hydrogens (tertiary/aromatic N) is 2. The third-order valence-electron chi connectivity index (χ3n) is 2.35. The van der Waals surface area contributed by atoms with Gasteiger partial charge in [-0.1, -0.05) is 0 Å². The molecule has 2 rings (SSSR count). The zero-order chi connectivity index (χ0) is 12.3. The Morgan fingerprint density at radius 3 is 3.12 bits per heavy atom. The molecule has 0 aliphatic heterocycles. The quantitative estimate of drug-likeness (QED) is 0.809. The van der Waals surface area contributed by atoms with E-state index in [0.29, 0.717) is 23.2 Å². The SMILES string of the molecule is O=c1c(Br)cnc2cc(CNCCO)ccn12. The van der Waals surface area contributed by atoms with Gasteiger partial charge in [-0.05, 0) is 33.6 Å². The van der Waals surface area contributed by atoms with Crippen molar-refractivity contribution in [3.8, 4) is 0 Å². The molecule has 2 aromatic heterocycles. The zero-order valence-electron chi connectivity index (χ0n) is 9.06. The molecule has 90 valence electrons. The molecule has 5 nitrogen and oxygen atoms in total. The molecule has 0 aliphatic carbocycles. The summed E-state index contributed by atoms with van der Waals surface area (Å²) in [6.45, 7) is 1.30. The molecule has 0 bridgehead atoms. The summed E-state index contributed by atoms with van der Waals surface area (Å²) < 4.78 is 1.93. The summed E-state index contributed by atoms with van der Waals surface area (Å²) in [7, 11) is 0. The normalized spacial score (nSPS) is 10.9. The van der Waals surface area contributed by atoms with E-state index in [1.165, 1.54) is 10.6 Å². The summed E-state index contributed by atoms with van der Waals surface area (Å²) >= 11 is 3.15. The van der Waals surface area contributed by atoms with Gasteiger partial charge in [0.2, 0.25) is 0 Å². The molecule has 0 saturated carbocycles. The van der Waals surface area contributed by atoms with Crippen LogP contribution in [-0.4, -0.2) is 27.6 Å². The molecule has 17 heavy (non-hydrogen) atoms. The van der Waals surface area contributed by atoms with Crippen LogP contribution in [0.15, 0.2) is 33.8 Å². The van der Waals surface area contributed by atoms with Crippen LogP contribution in [0.4, 0.5) is 0 Å². The van der Waals surface area contributed by atoms with Crippen LogP contribution >= 0.6 is 15.9 Å². The smallest absolute Gasteiger partial charge is 0.272 e. The van der Waals surface area contributed by atoms with Crippen LogP contribution in [0.2, 0.25) is 0 Å². The van der Waals surface area contributed by atoms with Crippen LogP contribution in [0.1, 0.15) is 5.56 Å². The van der Waals surface area contributed by atoms with Gasteiger partial charge in [0, 0.05) is 25.5 Å². The number of pyridine rings is 1. The summed E-state index contributed by atoms with van der Waals surface area (Å²) in [5.41, 5.74) is 1.51. The molecular formula is C11H12BrN3O2. The molecule has 0 atom stereocenters. The Kier molecular flexibility index (Phi) is 3.88. The first-order valence-electron chi connectivity index (χ1n) is 5.20. The van der Waals surface area contributed by atoms with Gasteiger partial charge in [0.05, 0.1) is 6.61 Å². The van der Waals surface area contributed by atoms with Gasteiger partial charge < -0.3 is 10.4 Å². The predicted octanol–water partition coefficient (Wildman–Crippen LogP) is 0.539. The minimum atomic E-state index is -0.120. The molecule has 0 radical (unpaired) electrons. The molecule has 0 aromatic carbocycles. The van der Waals surface area contributed by atoms with E-state index in [0.717, 1.165) is 5.56 Å². The lowest BCUT2D eigenvalue weighted by Gasteiger charge is -2.05. The van der Waals surface area contributed by atoms with E-state index < -0.39 is 0 Å². The first kappa shape index (κ1) is 12.2. The van der Waals surface area contributed by atoms with Crippen LogP contribution in [0.5, 0.6) is 0 Å². The Hall–Kier alpha value is -1.24. The molecule has 0 unspecified atom stereocenters. The van der Waals surface area contributed by atoms with E-state index in [1.54, 1.807) is 6.20 Å². The zero-order valence-corrected chi connectivity index (χ0v) is 10.6. The van der Waals surface area contributed by atoms with Crippen molar-refractivity contribution < 1.29 is 5.11 Å². The van der Waals surface area contributed by atoms with E-state index in [2.05, 4.69) is 26.2 Å². The number of rotatable bonds is 4. The maximum absolute atomic E-state index is 11.7. The van der Waals surface area contributed by atoms with E-state index in [9.17, 15) is 4.79 Å². The third kappa shape index (κ3) is 2.71. The lowest BCUT2D eigenvalue weighted by atomic mass is 10.2. The van der Waals surface area contributed by atoms with Crippen molar-refractivity contribution in [1.29, 1.82) is 0 Å². The fraction of sp³-hybridized carbons (Fsp3) is 0.273. The Balaban J connectivity index is 2.32. The second-order valence-electron chi connectivity index (χ2n) is 3.57. The van der Waals surface area contributed by atoms with E-state index in [1.807, 2.05) is 12.1 Å².